The minimum atomic E-state index is -3.51. The molecule has 0 radical (unpaired) electrons. The van der Waals surface area contributed by atoms with E-state index in [-0.39, 0.29) is 25.3 Å². The van der Waals surface area contributed by atoms with E-state index in [9.17, 15) is 22.8 Å². The lowest BCUT2D eigenvalue weighted by Gasteiger charge is -2.37. The van der Waals surface area contributed by atoms with Gasteiger partial charge in [0.15, 0.2) is 9.84 Å². The number of nitrogens with zero attached hydrogens (tertiary/aromatic N) is 1. The van der Waals surface area contributed by atoms with Gasteiger partial charge in [0.25, 0.3) is 0 Å². The van der Waals surface area contributed by atoms with E-state index in [0.717, 1.165) is 4.90 Å². The van der Waals surface area contributed by atoms with Crippen LogP contribution in [0.5, 0.6) is 0 Å². The third-order valence-corrected chi connectivity index (χ3v) is 6.00. The van der Waals surface area contributed by atoms with Crippen molar-refractivity contribution in [1.29, 1.82) is 0 Å². The van der Waals surface area contributed by atoms with Crippen molar-refractivity contribution < 1.29 is 27.9 Å². The number of carboxylic acids is 1. The predicted molar refractivity (Wildman–Crippen MR) is 72.2 cm³/mol. The predicted octanol–water partition coefficient (Wildman–Crippen LogP) is -1.24. The number of aliphatic carboxylic acids is 1. The number of rotatable bonds is 3. The fourth-order valence-corrected chi connectivity index (χ4v) is 4.62. The van der Waals surface area contributed by atoms with Crippen LogP contribution < -0.4 is 5.32 Å². The van der Waals surface area contributed by atoms with Gasteiger partial charge in [0.1, 0.15) is 11.3 Å². The van der Waals surface area contributed by atoms with E-state index in [1.165, 1.54) is 0 Å². The first-order chi connectivity index (χ1) is 9.83. The van der Waals surface area contributed by atoms with Crippen molar-refractivity contribution in [3.05, 3.63) is 0 Å². The number of piperazine rings is 1. The van der Waals surface area contributed by atoms with Gasteiger partial charge in [-0.05, 0) is 12.8 Å². The first-order valence-electron chi connectivity index (χ1n) is 6.84. The molecular weight excluding hydrogens is 300 g/mol. The molecule has 118 valence electrons. The summed E-state index contributed by atoms with van der Waals surface area (Å²) in [6.45, 7) is 0.335. The average Bonchev–Trinajstić information content (AvgIpc) is 2.39. The summed E-state index contributed by atoms with van der Waals surface area (Å²) in [5.74, 6) is -2.44. The topological polar surface area (TPSA) is 121 Å². The van der Waals surface area contributed by atoms with Crippen LogP contribution in [0.25, 0.3) is 0 Å². The molecule has 0 aromatic rings. The van der Waals surface area contributed by atoms with E-state index in [4.69, 9.17) is 5.11 Å². The van der Waals surface area contributed by atoms with E-state index >= 15 is 0 Å². The Bertz CT molecular complexity index is 558. The summed E-state index contributed by atoms with van der Waals surface area (Å²) < 4.78 is 24.0. The molecule has 2 aliphatic rings. The second-order valence-electron chi connectivity index (χ2n) is 5.29. The Morgan fingerprint density at radius 3 is 2.67 bits per heavy atom. The summed E-state index contributed by atoms with van der Waals surface area (Å²) in [5.41, 5.74) is 0. The van der Waals surface area contributed by atoms with Crippen LogP contribution in [0.2, 0.25) is 0 Å². The van der Waals surface area contributed by atoms with E-state index in [2.05, 4.69) is 5.32 Å². The quantitative estimate of drug-likeness (QED) is 0.671. The van der Waals surface area contributed by atoms with Gasteiger partial charge in [-0.3, -0.25) is 14.4 Å². The van der Waals surface area contributed by atoms with Crippen molar-refractivity contribution in [1.82, 2.24) is 10.2 Å². The van der Waals surface area contributed by atoms with Gasteiger partial charge in [-0.25, -0.2) is 8.42 Å². The van der Waals surface area contributed by atoms with Crippen molar-refractivity contribution in [3.63, 3.8) is 0 Å². The normalized spacial score (nSPS) is 28.8. The maximum absolute atomic E-state index is 12.5. The van der Waals surface area contributed by atoms with Gasteiger partial charge in [-0.1, -0.05) is 6.42 Å². The van der Waals surface area contributed by atoms with Gasteiger partial charge in [0.05, 0.1) is 12.2 Å². The molecule has 2 rings (SSSR count). The van der Waals surface area contributed by atoms with Gasteiger partial charge in [-0.2, -0.15) is 0 Å². The molecule has 0 aliphatic carbocycles. The summed E-state index contributed by atoms with van der Waals surface area (Å²) in [6.07, 6.45) is 0.883. The number of carboxylic acid groups (broad SMARTS) is 1. The lowest BCUT2D eigenvalue weighted by Crippen LogP contribution is -2.60. The number of carbonyl (C=O) groups excluding carboxylic acids is 2. The highest BCUT2D eigenvalue weighted by molar-refractivity contribution is 7.92. The number of hydrogen-bond acceptors (Lipinski definition) is 5. The first kappa shape index (κ1) is 15.7. The molecule has 2 amide bonds. The van der Waals surface area contributed by atoms with Gasteiger partial charge in [0.2, 0.25) is 11.8 Å². The molecule has 21 heavy (non-hydrogen) atoms. The van der Waals surface area contributed by atoms with E-state index in [1.807, 2.05) is 0 Å². The molecule has 2 unspecified atom stereocenters. The Labute approximate surface area is 122 Å². The Hall–Kier alpha value is -1.64. The zero-order valence-corrected chi connectivity index (χ0v) is 12.3. The van der Waals surface area contributed by atoms with Crippen molar-refractivity contribution in [2.45, 2.75) is 37.0 Å². The summed E-state index contributed by atoms with van der Waals surface area (Å²) >= 11 is 0. The molecule has 2 fully saturated rings. The van der Waals surface area contributed by atoms with Crippen molar-refractivity contribution >= 4 is 27.6 Å². The van der Waals surface area contributed by atoms with Crippen LogP contribution in [0.4, 0.5) is 0 Å². The molecule has 2 saturated heterocycles. The fourth-order valence-electron chi connectivity index (χ4n) is 2.76. The maximum Gasteiger partial charge on any atom is 0.305 e. The summed E-state index contributed by atoms with van der Waals surface area (Å²) in [5, 5.41) is 10.2. The van der Waals surface area contributed by atoms with Crippen LogP contribution in [0.3, 0.4) is 0 Å². The molecule has 0 aromatic heterocycles. The average molecular weight is 318 g/mol. The van der Waals surface area contributed by atoms with Crippen molar-refractivity contribution in [2.75, 3.05) is 18.8 Å². The largest absolute Gasteiger partial charge is 0.481 e. The Balaban J connectivity index is 2.22. The highest BCUT2D eigenvalue weighted by Gasteiger charge is 2.42. The minimum absolute atomic E-state index is 0.0347. The highest BCUT2D eigenvalue weighted by atomic mass is 32.2. The molecule has 2 heterocycles. The molecule has 9 heteroatoms. The summed E-state index contributed by atoms with van der Waals surface area (Å²) in [7, 11) is -3.51. The second kappa shape index (κ2) is 6.00. The Kier molecular flexibility index (Phi) is 4.50. The molecule has 2 aliphatic heterocycles. The summed E-state index contributed by atoms with van der Waals surface area (Å²) in [4.78, 5) is 36.2. The molecule has 2 atom stereocenters. The number of carbonyl (C=O) groups is 3. The van der Waals surface area contributed by atoms with Gasteiger partial charge in [-0.15, -0.1) is 0 Å². The summed E-state index contributed by atoms with van der Waals surface area (Å²) in [6, 6.07) is -1.14. The number of nitrogens with one attached hydrogen (secondary N) is 1. The van der Waals surface area contributed by atoms with Crippen LogP contribution >= 0.6 is 0 Å². The second-order valence-corrected chi connectivity index (χ2v) is 7.59. The third-order valence-electron chi connectivity index (χ3n) is 3.84. The Morgan fingerprint density at radius 2 is 2.05 bits per heavy atom. The van der Waals surface area contributed by atoms with Gasteiger partial charge < -0.3 is 15.3 Å². The number of sulfone groups is 1. The molecular formula is C12H18N2O6S. The molecule has 0 aromatic carbocycles. The first-order valence-corrected chi connectivity index (χ1v) is 8.56. The maximum atomic E-state index is 12.5. The smallest absolute Gasteiger partial charge is 0.305 e. The van der Waals surface area contributed by atoms with Crippen LogP contribution in [-0.4, -0.2) is 66.3 Å². The van der Waals surface area contributed by atoms with Crippen LogP contribution in [0.15, 0.2) is 0 Å². The van der Waals surface area contributed by atoms with E-state index in [1.54, 1.807) is 0 Å². The lowest BCUT2D eigenvalue weighted by atomic mass is 10.1. The lowest BCUT2D eigenvalue weighted by molar-refractivity contribution is -0.148. The Morgan fingerprint density at radius 1 is 1.33 bits per heavy atom. The van der Waals surface area contributed by atoms with E-state index in [0.29, 0.717) is 12.8 Å². The highest BCUT2D eigenvalue weighted by Crippen LogP contribution is 2.23. The standard InChI is InChI=1S/C12H18N2O6S/c15-10(16)7-8-11(17)13-4-5-14(8)12(18)9-3-1-2-6-21(9,19)20/h8-9H,1-7H2,(H,13,17)(H,15,16). The van der Waals surface area contributed by atoms with Crippen molar-refractivity contribution in [3.8, 4) is 0 Å². The molecule has 0 bridgehead atoms. The van der Waals surface area contributed by atoms with Crippen molar-refractivity contribution in [2.24, 2.45) is 0 Å². The van der Waals surface area contributed by atoms with Gasteiger partial charge >= 0.3 is 5.97 Å². The monoisotopic (exact) mass is 318 g/mol. The molecule has 0 spiro atoms. The molecule has 8 nitrogen and oxygen atoms in total. The zero-order chi connectivity index (χ0) is 15.6. The molecule has 2 N–H and O–H groups in total. The molecule has 0 saturated carbocycles. The minimum Gasteiger partial charge on any atom is -0.481 e. The number of amides is 2. The zero-order valence-electron chi connectivity index (χ0n) is 11.4. The van der Waals surface area contributed by atoms with Crippen LogP contribution in [-0.2, 0) is 24.2 Å². The number of hydrogen-bond donors (Lipinski definition) is 2. The van der Waals surface area contributed by atoms with Crippen LogP contribution in [0, 0.1) is 0 Å². The van der Waals surface area contributed by atoms with Gasteiger partial charge in [0, 0.05) is 13.1 Å². The third kappa shape index (κ3) is 3.34. The van der Waals surface area contributed by atoms with E-state index < -0.39 is 45.3 Å². The van der Waals surface area contributed by atoms with Crippen LogP contribution in [0.1, 0.15) is 25.7 Å². The SMILES string of the molecule is O=C(O)CC1C(=O)NCCN1C(=O)C1CCCCS1(=O)=O. The fraction of sp³-hybridized carbons (Fsp3) is 0.750.